The molecule has 16 heavy (non-hydrogen) atoms. The van der Waals surface area contributed by atoms with E-state index in [1.54, 1.807) is 4.90 Å². The molecule has 2 atom stereocenters. The van der Waals surface area contributed by atoms with Crippen LogP contribution in [0.2, 0.25) is 0 Å². The molecule has 3 aliphatic rings. The molecular weight excluding hydrogens is 204 g/mol. The Morgan fingerprint density at radius 1 is 1.12 bits per heavy atom. The van der Waals surface area contributed by atoms with Gasteiger partial charge in [-0.25, -0.2) is 0 Å². The van der Waals surface area contributed by atoms with Crippen molar-refractivity contribution in [1.29, 1.82) is 0 Å². The molecule has 0 aromatic carbocycles. The van der Waals surface area contributed by atoms with Crippen molar-refractivity contribution in [3.05, 3.63) is 0 Å². The number of carbonyl (C=O) groups is 2. The molecule has 1 aliphatic carbocycles. The highest BCUT2D eigenvalue weighted by Gasteiger charge is 2.59. The molecule has 2 heterocycles. The van der Waals surface area contributed by atoms with Crippen molar-refractivity contribution in [1.82, 2.24) is 10.2 Å². The zero-order valence-corrected chi connectivity index (χ0v) is 9.82. The molecule has 0 aromatic heterocycles. The number of likely N-dealkylation sites (tertiary alicyclic amines) is 1. The predicted octanol–water partition coefficient (Wildman–Crippen LogP) is 0.379. The van der Waals surface area contributed by atoms with Crippen molar-refractivity contribution >= 4 is 11.8 Å². The van der Waals surface area contributed by atoms with E-state index in [-0.39, 0.29) is 23.3 Å². The summed E-state index contributed by atoms with van der Waals surface area (Å²) in [5, 5.41) is 3.29. The van der Waals surface area contributed by atoms with Gasteiger partial charge in [0, 0.05) is 32.0 Å². The maximum atomic E-state index is 12.0. The number of carbonyl (C=O) groups excluding carboxylic acids is 2. The Morgan fingerprint density at radius 3 is 2.12 bits per heavy atom. The van der Waals surface area contributed by atoms with Crippen LogP contribution in [-0.2, 0) is 9.59 Å². The second kappa shape index (κ2) is 3.06. The first-order valence-corrected chi connectivity index (χ1v) is 6.05. The molecule has 4 heteroatoms. The SMILES string of the molecule is CC1(C)CC(=O)N(C2C3CNCC32)C(=O)C1. The van der Waals surface area contributed by atoms with E-state index < -0.39 is 0 Å². The monoisotopic (exact) mass is 222 g/mol. The van der Waals surface area contributed by atoms with Gasteiger partial charge in [0.1, 0.15) is 0 Å². The van der Waals surface area contributed by atoms with Crippen molar-refractivity contribution in [2.45, 2.75) is 32.7 Å². The van der Waals surface area contributed by atoms with E-state index in [4.69, 9.17) is 0 Å². The van der Waals surface area contributed by atoms with Gasteiger partial charge in [-0.2, -0.15) is 0 Å². The number of hydrogen-bond acceptors (Lipinski definition) is 3. The second-order valence-corrected chi connectivity index (χ2v) is 6.15. The number of rotatable bonds is 1. The highest BCUT2D eigenvalue weighted by Crippen LogP contribution is 2.48. The Labute approximate surface area is 95.4 Å². The zero-order valence-electron chi connectivity index (χ0n) is 9.82. The van der Waals surface area contributed by atoms with Crippen LogP contribution in [0.1, 0.15) is 26.7 Å². The lowest BCUT2D eigenvalue weighted by Gasteiger charge is -2.35. The van der Waals surface area contributed by atoms with Crippen LogP contribution in [-0.4, -0.2) is 35.8 Å². The summed E-state index contributed by atoms with van der Waals surface area (Å²) in [7, 11) is 0. The summed E-state index contributed by atoms with van der Waals surface area (Å²) in [6, 6.07) is 0.220. The average Bonchev–Trinajstić information content (AvgIpc) is 2.62. The fourth-order valence-electron chi connectivity index (χ4n) is 3.29. The fraction of sp³-hybridized carbons (Fsp3) is 0.833. The highest BCUT2D eigenvalue weighted by molar-refractivity contribution is 5.99. The van der Waals surface area contributed by atoms with Crippen molar-refractivity contribution in [2.75, 3.05) is 13.1 Å². The van der Waals surface area contributed by atoms with Gasteiger partial charge in [0.05, 0.1) is 0 Å². The number of amides is 2. The smallest absolute Gasteiger partial charge is 0.229 e. The van der Waals surface area contributed by atoms with Crippen LogP contribution in [0.3, 0.4) is 0 Å². The van der Waals surface area contributed by atoms with E-state index in [2.05, 4.69) is 5.32 Å². The minimum absolute atomic E-state index is 0.0423. The van der Waals surface area contributed by atoms with Crippen LogP contribution in [0.15, 0.2) is 0 Å². The Kier molecular flexibility index (Phi) is 1.97. The maximum Gasteiger partial charge on any atom is 0.229 e. The molecule has 2 unspecified atom stereocenters. The van der Waals surface area contributed by atoms with Crippen LogP contribution in [0, 0.1) is 17.3 Å². The molecule has 1 saturated carbocycles. The molecular formula is C12H18N2O2. The largest absolute Gasteiger partial charge is 0.316 e. The fourth-order valence-corrected chi connectivity index (χ4v) is 3.29. The van der Waals surface area contributed by atoms with Crippen molar-refractivity contribution in [2.24, 2.45) is 17.3 Å². The lowest BCUT2D eigenvalue weighted by atomic mass is 9.81. The first-order chi connectivity index (χ1) is 7.49. The quantitative estimate of drug-likeness (QED) is 0.652. The molecule has 3 rings (SSSR count). The molecule has 2 aliphatic heterocycles. The van der Waals surface area contributed by atoms with Crippen molar-refractivity contribution in [3.8, 4) is 0 Å². The Morgan fingerprint density at radius 2 is 1.62 bits per heavy atom. The van der Waals surface area contributed by atoms with Gasteiger partial charge in [-0.15, -0.1) is 0 Å². The van der Waals surface area contributed by atoms with Crippen LogP contribution in [0.4, 0.5) is 0 Å². The number of piperidine rings is 2. The maximum absolute atomic E-state index is 12.0. The Bertz CT molecular complexity index is 334. The Balaban J connectivity index is 1.77. The van der Waals surface area contributed by atoms with Crippen LogP contribution >= 0.6 is 0 Å². The lowest BCUT2D eigenvalue weighted by molar-refractivity contribution is -0.153. The van der Waals surface area contributed by atoms with Crippen LogP contribution < -0.4 is 5.32 Å². The van der Waals surface area contributed by atoms with Crippen molar-refractivity contribution < 1.29 is 9.59 Å². The number of fused-ring (bicyclic) bond motifs is 1. The van der Waals surface area contributed by atoms with Gasteiger partial charge in [0.15, 0.2) is 0 Å². The van der Waals surface area contributed by atoms with Crippen LogP contribution in [0.5, 0.6) is 0 Å². The van der Waals surface area contributed by atoms with Gasteiger partial charge >= 0.3 is 0 Å². The van der Waals surface area contributed by atoms with Gasteiger partial charge < -0.3 is 5.32 Å². The predicted molar refractivity (Wildman–Crippen MR) is 58.5 cm³/mol. The third kappa shape index (κ3) is 1.39. The highest BCUT2D eigenvalue weighted by atomic mass is 16.2. The van der Waals surface area contributed by atoms with Gasteiger partial charge in [-0.1, -0.05) is 13.8 Å². The van der Waals surface area contributed by atoms with E-state index in [0.717, 1.165) is 13.1 Å². The average molecular weight is 222 g/mol. The zero-order chi connectivity index (χ0) is 11.5. The van der Waals surface area contributed by atoms with E-state index in [1.165, 1.54) is 0 Å². The van der Waals surface area contributed by atoms with Gasteiger partial charge in [0.2, 0.25) is 11.8 Å². The standard InChI is InChI=1S/C12H18N2O2/c1-12(2)3-9(15)14(10(16)4-12)11-7-5-13-6-8(7)11/h7-8,11,13H,3-6H2,1-2H3. The number of nitrogens with one attached hydrogen (secondary N) is 1. The van der Waals surface area contributed by atoms with E-state index in [9.17, 15) is 9.59 Å². The van der Waals surface area contributed by atoms with Crippen LogP contribution in [0.25, 0.3) is 0 Å². The topological polar surface area (TPSA) is 49.4 Å². The second-order valence-electron chi connectivity index (χ2n) is 6.15. The summed E-state index contributed by atoms with van der Waals surface area (Å²) in [4.78, 5) is 25.6. The molecule has 0 radical (unpaired) electrons. The molecule has 0 spiro atoms. The number of nitrogens with zero attached hydrogens (tertiary/aromatic N) is 1. The van der Waals surface area contributed by atoms with Gasteiger partial charge in [0.25, 0.3) is 0 Å². The summed E-state index contributed by atoms with van der Waals surface area (Å²) in [5.74, 6) is 1.16. The third-order valence-electron chi connectivity index (χ3n) is 4.14. The third-order valence-corrected chi connectivity index (χ3v) is 4.14. The van der Waals surface area contributed by atoms with E-state index in [0.29, 0.717) is 24.7 Å². The summed E-state index contributed by atoms with van der Waals surface area (Å²) in [5.41, 5.74) is -0.146. The first-order valence-electron chi connectivity index (χ1n) is 6.05. The molecule has 0 bridgehead atoms. The number of hydrogen-bond donors (Lipinski definition) is 1. The normalized spacial score (nSPS) is 41.1. The molecule has 88 valence electrons. The summed E-state index contributed by atoms with van der Waals surface area (Å²) in [6.45, 7) is 5.93. The lowest BCUT2D eigenvalue weighted by Crippen LogP contribution is -2.49. The first kappa shape index (κ1) is 10.3. The molecule has 2 amide bonds. The number of imide groups is 1. The molecule has 0 aromatic rings. The van der Waals surface area contributed by atoms with E-state index in [1.807, 2.05) is 13.8 Å². The molecule has 1 N–H and O–H groups in total. The minimum atomic E-state index is -0.146. The van der Waals surface area contributed by atoms with Gasteiger partial charge in [-0.05, 0) is 17.3 Å². The molecule has 3 fully saturated rings. The van der Waals surface area contributed by atoms with E-state index >= 15 is 0 Å². The van der Waals surface area contributed by atoms with Gasteiger partial charge in [-0.3, -0.25) is 14.5 Å². The Hall–Kier alpha value is -0.900. The summed E-state index contributed by atoms with van der Waals surface area (Å²) >= 11 is 0. The van der Waals surface area contributed by atoms with Crippen molar-refractivity contribution in [3.63, 3.8) is 0 Å². The molecule has 2 saturated heterocycles. The molecule has 4 nitrogen and oxygen atoms in total. The minimum Gasteiger partial charge on any atom is -0.316 e. The summed E-state index contributed by atoms with van der Waals surface area (Å²) in [6.07, 6.45) is 1.03. The summed E-state index contributed by atoms with van der Waals surface area (Å²) < 4.78 is 0.